The minimum absolute atomic E-state index is 0.00631. The number of hydrogen-bond acceptors (Lipinski definition) is 3. The monoisotopic (exact) mass is 301 g/mol. The molecule has 1 atom stereocenters. The van der Waals surface area contributed by atoms with Crippen molar-refractivity contribution in [1.82, 2.24) is 14.7 Å². The molecule has 5 nitrogen and oxygen atoms in total. The molecule has 1 unspecified atom stereocenters. The minimum atomic E-state index is 0.00631. The summed E-state index contributed by atoms with van der Waals surface area (Å²) in [6.45, 7) is 7.48. The summed E-state index contributed by atoms with van der Waals surface area (Å²) >= 11 is 0. The Morgan fingerprint density at radius 2 is 2.18 bits per heavy atom. The zero-order valence-corrected chi connectivity index (χ0v) is 13.5. The molecule has 22 heavy (non-hydrogen) atoms. The quantitative estimate of drug-likeness (QED) is 0.875. The summed E-state index contributed by atoms with van der Waals surface area (Å²) in [6.07, 6.45) is 3.35. The molecule has 3 heterocycles. The number of likely N-dealkylation sites (tertiary alicyclic amines) is 1. The second-order valence-corrected chi connectivity index (χ2v) is 6.19. The molecule has 0 N–H and O–H groups in total. The highest BCUT2D eigenvalue weighted by Crippen LogP contribution is 2.20. The standard InChI is InChI=1S/C17H23N3O2/c1-12-10-14(3)20(18-12)11-15-7-8-16(22-15)17(21)19-9-5-4-6-13(19)2/h7-8,10,13H,4-6,9,11H2,1-3H3. The first-order valence-electron chi connectivity index (χ1n) is 7.95. The Balaban J connectivity index is 1.73. The number of aryl methyl sites for hydroxylation is 2. The summed E-state index contributed by atoms with van der Waals surface area (Å²) < 4.78 is 7.66. The van der Waals surface area contributed by atoms with Crippen LogP contribution in [0.5, 0.6) is 0 Å². The van der Waals surface area contributed by atoms with Gasteiger partial charge in [-0.1, -0.05) is 0 Å². The zero-order valence-electron chi connectivity index (χ0n) is 13.5. The van der Waals surface area contributed by atoms with E-state index in [1.54, 1.807) is 6.07 Å². The largest absolute Gasteiger partial charge is 0.454 e. The van der Waals surface area contributed by atoms with Crippen LogP contribution >= 0.6 is 0 Å². The van der Waals surface area contributed by atoms with Crippen molar-refractivity contribution in [3.05, 3.63) is 41.1 Å². The van der Waals surface area contributed by atoms with E-state index >= 15 is 0 Å². The van der Waals surface area contributed by atoms with Crippen LogP contribution in [-0.2, 0) is 6.54 Å². The van der Waals surface area contributed by atoms with E-state index in [2.05, 4.69) is 12.0 Å². The number of nitrogens with zero attached hydrogens (tertiary/aromatic N) is 3. The van der Waals surface area contributed by atoms with Crippen LogP contribution in [0.4, 0.5) is 0 Å². The summed E-state index contributed by atoms with van der Waals surface area (Å²) in [7, 11) is 0. The second kappa shape index (κ2) is 5.99. The Morgan fingerprint density at radius 1 is 1.36 bits per heavy atom. The molecular weight excluding hydrogens is 278 g/mol. The number of piperidine rings is 1. The maximum Gasteiger partial charge on any atom is 0.289 e. The molecule has 3 rings (SSSR count). The Hall–Kier alpha value is -2.04. The lowest BCUT2D eigenvalue weighted by Gasteiger charge is -2.32. The maximum absolute atomic E-state index is 12.6. The maximum atomic E-state index is 12.6. The number of rotatable bonds is 3. The molecule has 1 amide bonds. The molecular formula is C17H23N3O2. The summed E-state index contributed by atoms with van der Waals surface area (Å²) in [4.78, 5) is 14.5. The lowest BCUT2D eigenvalue weighted by molar-refractivity contribution is 0.0601. The van der Waals surface area contributed by atoms with Gasteiger partial charge < -0.3 is 9.32 Å². The van der Waals surface area contributed by atoms with Crippen molar-refractivity contribution in [2.45, 2.75) is 52.6 Å². The molecule has 0 bridgehead atoms. The van der Waals surface area contributed by atoms with Crippen LogP contribution in [0, 0.1) is 13.8 Å². The van der Waals surface area contributed by atoms with Crippen LogP contribution in [-0.4, -0.2) is 33.2 Å². The highest BCUT2D eigenvalue weighted by atomic mass is 16.4. The summed E-state index contributed by atoms with van der Waals surface area (Å²) in [5.74, 6) is 1.20. The predicted molar refractivity (Wildman–Crippen MR) is 83.9 cm³/mol. The number of hydrogen-bond donors (Lipinski definition) is 0. The molecule has 1 fully saturated rings. The van der Waals surface area contributed by atoms with Crippen LogP contribution in [0.2, 0.25) is 0 Å². The van der Waals surface area contributed by atoms with Crippen LogP contribution in [0.25, 0.3) is 0 Å². The molecule has 1 saturated heterocycles. The first-order chi connectivity index (χ1) is 10.5. The molecule has 1 aliphatic rings. The van der Waals surface area contributed by atoms with Gasteiger partial charge in [-0.3, -0.25) is 9.48 Å². The van der Waals surface area contributed by atoms with Crippen LogP contribution < -0.4 is 0 Å². The Bertz CT molecular complexity index is 671. The van der Waals surface area contributed by atoms with E-state index in [0.717, 1.165) is 36.5 Å². The van der Waals surface area contributed by atoms with E-state index in [-0.39, 0.29) is 5.91 Å². The summed E-state index contributed by atoms with van der Waals surface area (Å²) in [6, 6.07) is 5.98. The fourth-order valence-corrected chi connectivity index (χ4v) is 3.10. The van der Waals surface area contributed by atoms with Gasteiger partial charge in [0, 0.05) is 18.3 Å². The van der Waals surface area contributed by atoms with Crippen molar-refractivity contribution in [3.8, 4) is 0 Å². The molecule has 0 radical (unpaired) electrons. The van der Waals surface area contributed by atoms with E-state index in [1.807, 2.05) is 35.6 Å². The molecule has 0 spiro atoms. The van der Waals surface area contributed by atoms with Crippen LogP contribution in [0.1, 0.15) is 53.9 Å². The van der Waals surface area contributed by atoms with Gasteiger partial charge in [-0.15, -0.1) is 0 Å². The Morgan fingerprint density at radius 3 is 2.86 bits per heavy atom. The third-order valence-electron chi connectivity index (χ3n) is 4.35. The Kier molecular flexibility index (Phi) is 4.05. The van der Waals surface area contributed by atoms with E-state index in [9.17, 15) is 4.79 Å². The van der Waals surface area contributed by atoms with Crippen molar-refractivity contribution in [1.29, 1.82) is 0 Å². The smallest absolute Gasteiger partial charge is 0.289 e. The molecule has 2 aromatic heterocycles. The van der Waals surface area contributed by atoms with Crippen LogP contribution in [0.3, 0.4) is 0 Å². The molecule has 5 heteroatoms. The molecule has 118 valence electrons. The van der Waals surface area contributed by atoms with E-state index < -0.39 is 0 Å². The highest BCUT2D eigenvalue weighted by Gasteiger charge is 2.26. The average Bonchev–Trinajstić information content (AvgIpc) is 3.06. The van der Waals surface area contributed by atoms with Gasteiger partial charge in [0.15, 0.2) is 5.76 Å². The fraction of sp³-hybridized carbons (Fsp3) is 0.529. The first-order valence-corrected chi connectivity index (χ1v) is 7.95. The number of carbonyl (C=O) groups excluding carboxylic acids is 1. The third-order valence-corrected chi connectivity index (χ3v) is 4.35. The Labute approximate surface area is 130 Å². The average molecular weight is 301 g/mol. The van der Waals surface area contributed by atoms with Gasteiger partial charge in [-0.05, 0) is 58.2 Å². The molecule has 0 saturated carbocycles. The first kappa shape index (κ1) is 14.9. The number of carbonyl (C=O) groups is 1. The third kappa shape index (κ3) is 2.93. The van der Waals surface area contributed by atoms with Crippen molar-refractivity contribution in [2.75, 3.05) is 6.54 Å². The van der Waals surface area contributed by atoms with E-state index in [0.29, 0.717) is 18.3 Å². The molecule has 0 aromatic carbocycles. The van der Waals surface area contributed by atoms with E-state index in [1.165, 1.54) is 6.42 Å². The summed E-state index contributed by atoms with van der Waals surface area (Å²) in [5.41, 5.74) is 2.08. The zero-order chi connectivity index (χ0) is 15.7. The second-order valence-electron chi connectivity index (χ2n) is 6.19. The van der Waals surface area contributed by atoms with Crippen molar-refractivity contribution >= 4 is 5.91 Å². The van der Waals surface area contributed by atoms with E-state index in [4.69, 9.17) is 4.42 Å². The van der Waals surface area contributed by atoms with Crippen molar-refractivity contribution in [3.63, 3.8) is 0 Å². The van der Waals surface area contributed by atoms with Gasteiger partial charge in [0.2, 0.25) is 0 Å². The highest BCUT2D eigenvalue weighted by molar-refractivity contribution is 5.91. The minimum Gasteiger partial charge on any atom is -0.454 e. The molecule has 1 aliphatic heterocycles. The van der Waals surface area contributed by atoms with Gasteiger partial charge >= 0.3 is 0 Å². The van der Waals surface area contributed by atoms with Gasteiger partial charge in [0.1, 0.15) is 5.76 Å². The number of aromatic nitrogens is 2. The normalized spacial score (nSPS) is 18.7. The lowest BCUT2D eigenvalue weighted by Crippen LogP contribution is -2.41. The molecule has 2 aromatic rings. The lowest BCUT2D eigenvalue weighted by atomic mass is 10.0. The fourth-order valence-electron chi connectivity index (χ4n) is 3.10. The van der Waals surface area contributed by atoms with Gasteiger partial charge in [-0.25, -0.2) is 0 Å². The van der Waals surface area contributed by atoms with Crippen molar-refractivity contribution in [2.24, 2.45) is 0 Å². The summed E-state index contributed by atoms with van der Waals surface area (Å²) in [5, 5.41) is 4.42. The number of furan rings is 1. The molecule has 0 aliphatic carbocycles. The SMILES string of the molecule is Cc1cc(C)n(Cc2ccc(C(=O)N3CCCCC3C)o2)n1. The predicted octanol–water partition coefficient (Wildman–Crippen LogP) is 3.16. The van der Waals surface area contributed by atoms with Gasteiger partial charge in [0.05, 0.1) is 12.2 Å². The van der Waals surface area contributed by atoms with Gasteiger partial charge in [-0.2, -0.15) is 5.10 Å². The van der Waals surface area contributed by atoms with Crippen LogP contribution in [0.15, 0.2) is 22.6 Å². The van der Waals surface area contributed by atoms with Crippen molar-refractivity contribution < 1.29 is 9.21 Å². The van der Waals surface area contributed by atoms with Gasteiger partial charge in [0.25, 0.3) is 5.91 Å². The topological polar surface area (TPSA) is 51.3 Å². The number of amides is 1.